The average molecular weight is 108 g/mol. The van der Waals surface area contributed by atoms with Gasteiger partial charge in [0.15, 0.2) is 0 Å². The second kappa shape index (κ2) is 2.98. The number of rotatable bonds is 0. The van der Waals surface area contributed by atoms with Crippen molar-refractivity contribution in [2.24, 2.45) is 0 Å². The van der Waals surface area contributed by atoms with Crippen LogP contribution in [0.1, 0.15) is 0 Å². The predicted octanol–water partition coefficient (Wildman–Crippen LogP) is 0.183. The summed E-state index contributed by atoms with van der Waals surface area (Å²) < 4.78 is 0. The van der Waals surface area contributed by atoms with Crippen molar-refractivity contribution in [1.82, 2.24) is 11.1 Å². The largest absolute Gasteiger partial charge is 0.384 e. The number of hydrogen-bond acceptors (Lipinski definition) is 2. The van der Waals surface area contributed by atoms with Crippen LogP contribution < -0.4 is 11.9 Å². The van der Waals surface area contributed by atoms with E-state index in [4.69, 9.17) is 5.73 Å². The van der Waals surface area contributed by atoms with Gasteiger partial charge >= 0.3 is 0 Å². The molecule has 8 heavy (non-hydrogen) atoms. The van der Waals surface area contributed by atoms with Crippen molar-refractivity contribution in [1.29, 1.82) is 0 Å². The monoisotopic (exact) mass is 108 g/mol. The van der Waals surface area contributed by atoms with Crippen molar-refractivity contribution < 1.29 is 0 Å². The summed E-state index contributed by atoms with van der Waals surface area (Å²) in [6.45, 7) is 0. The molecule has 0 bridgehead atoms. The molecule has 0 amide bonds. The Morgan fingerprint density at radius 1 is 1.38 bits per heavy atom. The number of pyridine rings is 1. The average Bonchev–Trinajstić information content (AvgIpc) is 1.69. The van der Waals surface area contributed by atoms with Crippen LogP contribution in [-0.4, -0.2) is 4.98 Å². The minimum atomic E-state index is 0. The molecule has 0 aliphatic heterocycles. The van der Waals surface area contributed by atoms with Crippen molar-refractivity contribution in [2.45, 2.75) is 0 Å². The molecule has 3 nitrogen and oxygen atoms in total. The van der Waals surface area contributed by atoms with Gasteiger partial charge in [-0.05, 0) is 12.1 Å². The van der Waals surface area contributed by atoms with Gasteiger partial charge in [-0.2, -0.15) is 0 Å². The molecule has 41 valence electrons. The van der Waals surface area contributed by atoms with E-state index >= 15 is 0 Å². The third-order valence-electron chi connectivity index (χ3n) is 0.688. The zero-order chi connectivity index (χ0) is 5.11. The minimum absolute atomic E-state index is 0. The fourth-order valence-corrected chi connectivity index (χ4v) is 0.376. The van der Waals surface area contributed by atoms with Gasteiger partial charge in [0.25, 0.3) is 0 Å². The van der Waals surface area contributed by atoms with Gasteiger partial charge in [-0.15, -0.1) is 0 Å². The molecule has 1 heterocycles. The van der Waals surface area contributed by atoms with Gasteiger partial charge in [0, 0.05) is 12.3 Å². The summed E-state index contributed by atoms with van der Waals surface area (Å²) in [5, 5.41) is 0. The minimum Gasteiger partial charge on any atom is -0.384 e. The number of anilines is 1. The van der Waals surface area contributed by atoms with E-state index in [1.54, 1.807) is 12.3 Å². The summed E-state index contributed by atoms with van der Waals surface area (Å²) in [6.07, 6.45) is 1.66. The van der Waals surface area contributed by atoms with Crippen molar-refractivity contribution >= 4 is 5.82 Å². The number of nitrogens with zero attached hydrogens (tertiary/aromatic N) is 2. The quantitative estimate of drug-likeness (QED) is 0.515. The molecular formula is C5H6N3. The molecule has 0 aromatic carbocycles. The van der Waals surface area contributed by atoms with Crippen LogP contribution in [0.5, 0.6) is 0 Å². The van der Waals surface area contributed by atoms with Crippen molar-refractivity contribution in [2.75, 3.05) is 5.73 Å². The summed E-state index contributed by atoms with van der Waals surface area (Å²) in [6, 6.07) is 5.43. The van der Waals surface area contributed by atoms with Gasteiger partial charge in [-0.3, -0.25) is 0 Å². The van der Waals surface area contributed by atoms with Crippen molar-refractivity contribution in [3.63, 3.8) is 0 Å². The van der Waals surface area contributed by atoms with E-state index in [0.717, 1.165) is 0 Å². The molecule has 0 atom stereocenters. The summed E-state index contributed by atoms with van der Waals surface area (Å²) in [4.78, 5) is 3.76. The Morgan fingerprint density at radius 3 is 2.38 bits per heavy atom. The fourth-order valence-electron chi connectivity index (χ4n) is 0.376. The molecular weight excluding hydrogens is 102 g/mol. The van der Waals surface area contributed by atoms with Gasteiger partial charge in [0.2, 0.25) is 0 Å². The van der Waals surface area contributed by atoms with Gasteiger partial charge in [0.05, 0.1) is 0 Å². The van der Waals surface area contributed by atoms with Gasteiger partial charge in [-0.1, -0.05) is 6.07 Å². The SMILES string of the molecule is Nc1ccccn1.[N]. The lowest BCUT2D eigenvalue weighted by Crippen LogP contribution is -1.85. The second-order valence-corrected chi connectivity index (χ2v) is 1.25. The Balaban J connectivity index is 0.000000490. The highest BCUT2D eigenvalue weighted by Crippen LogP contribution is 1.89. The fraction of sp³-hybridized carbons (Fsp3) is 0. The standard InChI is InChI=1S/C5H6N2.N/c6-5-3-1-2-4-7-5;/h1-4H,(H2,6,7);. The zero-order valence-electron chi connectivity index (χ0n) is 4.28. The van der Waals surface area contributed by atoms with E-state index in [2.05, 4.69) is 4.98 Å². The molecule has 0 aliphatic carbocycles. The maximum Gasteiger partial charge on any atom is 0.123 e. The number of nitrogen functional groups attached to an aromatic ring is 1. The number of nitrogens with two attached hydrogens (primary N) is 1. The first kappa shape index (κ1) is 6.91. The molecule has 0 aliphatic rings. The summed E-state index contributed by atoms with van der Waals surface area (Å²) in [5.74, 6) is 0.572. The lowest BCUT2D eigenvalue weighted by Gasteiger charge is -1.82. The first-order chi connectivity index (χ1) is 3.39. The Labute approximate surface area is 48.1 Å². The number of hydrogen-bond donors (Lipinski definition) is 1. The molecule has 3 heteroatoms. The van der Waals surface area contributed by atoms with Crippen LogP contribution >= 0.6 is 0 Å². The van der Waals surface area contributed by atoms with Gasteiger partial charge in [0.1, 0.15) is 5.82 Å². The molecule has 0 unspecified atom stereocenters. The van der Waals surface area contributed by atoms with Crippen LogP contribution in [-0.2, 0) is 0 Å². The van der Waals surface area contributed by atoms with Gasteiger partial charge in [-0.25, -0.2) is 4.98 Å². The molecule has 0 saturated carbocycles. The summed E-state index contributed by atoms with van der Waals surface area (Å²) in [5.41, 5.74) is 5.25. The summed E-state index contributed by atoms with van der Waals surface area (Å²) in [7, 11) is 0. The second-order valence-electron chi connectivity index (χ2n) is 1.25. The highest BCUT2D eigenvalue weighted by Gasteiger charge is 1.73. The molecule has 0 fully saturated rings. The first-order valence-electron chi connectivity index (χ1n) is 2.06. The zero-order valence-corrected chi connectivity index (χ0v) is 4.28. The van der Waals surface area contributed by atoms with Crippen LogP contribution in [0.25, 0.3) is 0 Å². The van der Waals surface area contributed by atoms with Crippen molar-refractivity contribution in [3.05, 3.63) is 24.4 Å². The van der Waals surface area contributed by atoms with E-state index in [0.29, 0.717) is 5.82 Å². The van der Waals surface area contributed by atoms with Crippen LogP contribution in [0.3, 0.4) is 0 Å². The smallest absolute Gasteiger partial charge is 0.123 e. The highest BCUT2D eigenvalue weighted by atomic mass is 14.8. The molecule has 1 rings (SSSR count). The Morgan fingerprint density at radius 2 is 2.12 bits per heavy atom. The number of aromatic nitrogens is 1. The highest BCUT2D eigenvalue weighted by molar-refractivity contribution is 5.25. The normalized spacial score (nSPS) is 7.50. The Hall–Kier alpha value is -1.09. The molecule has 3 radical (unpaired) electrons. The first-order valence-corrected chi connectivity index (χ1v) is 2.06. The summed E-state index contributed by atoms with van der Waals surface area (Å²) >= 11 is 0. The van der Waals surface area contributed by atoms with Gasteiger partial charge < -0.3 is 5.73 Å². The lowest BCUT2D eigenvalue weighted by atomic mass is 10.5. The van der Waals surface area contributed by atoms with E-state index < -0.39 is 0 Å². The molecule has 0 saturated heterocycles. The third-order valence-corrected chi connectivity index (χ3v) is 0.688. The maximum atomic E-state index is 5.25. The topological polar surface area (TPSA) is 69.4 Å². The Kier molecular flexibility index (Phi) is 2.58. The molecule has 1 aromatic rings. The molecule has 0 spiro atoms. The maximum absolute atomic E-state index is 5.25. The van der Waals surface area contributed by atoms with Crippen LogP contribution in [0.15, 0.2) is 24.4 Å². The third kappa shape index (κ3) is 1.57. The predicted molar refractivity (Wildman–Crippen MR) is 30.8 cm³/mol. The van der Waals surface area contributed by atoms with E-state index in [9.17, 15) is 0 Å². The van der Waals surface area contributed by atoms with Crippen LogP contribution in [0.2, 0.25) is 0 Å². The van der Waals surface area contributed by atoms with E-state index in [1.165, 1.54) is 0 Å². The van der Waals surface area contributed by atoms with Crippen LogP contribution in [0.4, 0.5) is 5.82 Å². The lowest BCUT2D eigenvalue weighted by molar-refractivity contribution is 1.34. The van der Waals surface area contributed by atoms with Crippen molar-refractivity contribution in [3.8, 4) is 0 Å². The van der Waals surface area contributed by atoms with Crippen LogP contribution in [0, 0.1) is 0 Å². The van der Waals surface area contributed by atoms with E-state index in [1.807, 2.05) is 12.1 Å². The molecule has 1 aromatic heterocycles. The van der Waals surface area contributed by atoms with E-state index in [-0.39, 0.29) is 6.15 Å². The Bertz CT molecular complexity index is 138. The molecule has 2 N–H and O–H groups in total.